The largest absolute Gasteiger partial charge is 0.481 e. The molecular weight excluding hydrogens is 368 g/mol. The zero-order chi connectivity index (χ0) is 17.0. The van der Waals surface area contributed by atoms with Gasteiger partial charge in [0, 0.05) is 6.54 Å². The van der Waals surface area contributed by atoms with E-state index in [9.17, 15) is 14.4 Å². The van der Waals surface area contributed by atoms with Crippen molar-refractivity contribution < 1.29 is 24.2 Å². The summed E-state index contributed by atoms with van der Waals surface area (Å²) in [5.41, 5.74) is 0.871. The van der Waals surface area contributed by atoms with Crippen LogP contribution in [0.4, 0.5) is 4.79 Å². The van der Waals surface area contributed by atoms with Gasteiger partial charge in [0.2, 0.25) is 0 Å². The van der Waals surface area contributed by atoms with Gasteiger partial charge < -0.3 is 15.2 Å². The number of urea groups is 1. The van der Waals surface area contributed by atoms with Gasteiger partial charge in [-0.15, -0.1) is 0 Å². The van der Waals surface area contributed by atoms with Gasteiger partial charge in [0.05, 0.1) is 4.47 Å². The number of aliphatic carboxylic acids is 1. The topological polar surface area (TPSA) is 95.9 Å². The molecule has 0 aromatic heterocycles. The number of hydrogen-bond donors (Lipinski definition) is 2. The Morgan fingerprint density at radius 2 is 2.17 bits per heavy atom. The molecule has 0 atom stereocenters. The number of benzene rings is 1. The van der Waals surface area contributed by atoms with Gasteiger partial charge in [-0.05, 0) is 46.1 Å². The van der Waals surface area contributed by atoms with Crippen LogP contribution in [0.2, 0.25) is 0 Å². The summed E-state index contributed by atoms with van der Waals surface area (Å²) in [4.78, 5) is 35.5. The molecule has 2 rings (SSSR count). The molecule has 1 aromatic carbocycles. The summed E-state index contributed by atoms with van der Waals surface area (Å²) in [6.07, 6.45) is 2.25. The van der Waals surface area contributed by atoms with E-state index < -0.39 is 18.6 Å². The molecule has 0 unspecified atom stereocenters. The highest BCUT2D eigenvalue weighted by atomic mass is 79.9. The number of carbonyl (C=O) groups excluding carboxylic acids is 2. The predicted molar refractivity (Wildman–Crippen MR) is 85.8 cm³/mol. The normalized spacial score (nSPS) is 15.9. The number of nitrogens with zero attached hydrogens (tertiary/aromatic N) is 1. The minimum absolute atomic E-state index is 0.203. The van der Waals surface area contributed by atoms with Crippen LogP contribution in [0, 0.1) is 0 Å². The number of imide groups is 1. The molecule has 1 fully saturated rings. The predicted octanol–water partition coefficient (Wildman–Crippen LogP) is 2.22. The first-order valence-electron chi connectivity index (χ1n) is 6.91. The summed E-state index contributed by atoms with van der Waals surface area (Å²) in [6.45, 7) is 1.81. The zero-order valence-electron chi connectivity index (χ0n) is 12.3. The third kappa shape index (κ3) is 4.10. The Kier molecular flexibility index (Phi) is 5.38. The average Bonchev–Trinajstić information content (AvgIpc) is 2.74. The lowest BCUT2D eigenvalue weighted by Crippen LogP contribution is -2.31. The van der Waals surface area contributed by atoms with Gasteiger partial charge in [0.15, 0.2) is 6.61 Å². The van der Waals surface area contributed by atoms with Crippen molar-refractivity contribution in [2.45, 2.75) is 13.3 Å². The van der Waals surface area contributed by atoms with Crippen LogP contribution in [0.15, 0.2) is 28.4 Å². The van der Waals surface area contributed by atoms with Gasteiger partial charge in [-0.3, -0.25) is 9.69 Å². The number of halogens is 1. The molecule has 0 bridgehead atoms. The zero-order valence-corrected chi connectivity index (χ0v) is 13.9. The fraction of sp³-hybridized carbons (Fsp3) is 0.267. The third-order valence-corrected chi connectivity index (χ3v) is 3.65. The molecule has 7 nitrogen and oxygen atoms in total. The first-order valence-corrected chi connectivity index (χ1v) is 7.70. The SMILES string of the molecule is CCCN1C(=O)N/C(=C\c2ccc(OCC(=O)O)c(Br)c2)C1=O. The molecule has 1 aliphatic heterocycles. The fourth-order valence-electron chi connectivity index (χ4n) is 2.03. The maximum atomic E-state index is 12.1. The number of ether oxygens (including phenoxy) is 1. The van der Waals surface area contributed by atoms with Crippen LogP contribution in [-0.4, -0.2) is 41.1 Å². The molecule has 2 N–H and O–H groups in total. The van der Waals surface area contributed by atoms with Crippen molar-refractivity contribution in [1.82, 2.24) is 10.2 Å². The highest BCUT2D eigenvalue weighted by Gasteiger charge is 2.32. The van der Waals surface area contributed by atoms with Crippen LogP contribution in [-0.2, 0) is 9.59 Å². The first kappa shape index (κ1) is 17.0. The van der Waals surface area contributed by atoms with E-state index in [1.165, 1.54) is 0 Å². The number of carbonyl (C=O) groups is 3. The van der Waals surface area contributed by atoms with Crippen LogP contribution in [0.5, 0.6) is 5.75 Å². The van der Waals surface area contributed by atoms with Gasteiger partial charge in [-0.1, -0.05) is 13.0 Å². The van der Waals surface area contributed by atoms with Crippen LogP contribution >= 0.6 is 15.9 Å². The Bertz CT molecular complexity index is 686. The van der Waals surface area contributed by atoms with E-state index in [2.05, 4.69) is 21.2 Å². The standard InChI is InChI=1S/C15H15BrN2O5/c1-2-5-18-14(21)11(17-15(18)22)7-9-3-4-12(10(16)6-9)23-8-13(19)20/h3-4,6-7H,2,5,8H2,1H3,(H,17,22)(H,19,20)/b11-7-. The van der Waals surface area contributed by atoms with Gasteiger partial charge in [-0.2, -0.15) is 0 Å². The minimum atomic E-state index is -1.07. The molecule has 0 aliphatic carbocycles. The Hall–Kier alpha value is -2.35. The lowest BCUT2D eigenvalue weighted by molar-refractivity contribution is -0.139. The van der Waals surface area contributed by atoms with Crippen molar-refractivity contribution in [3.63, 3.8) is 0 Å². The van der Waals surface area contributed by atoms with E-state index in [4.69, 9.17) is 9.84 Å². The molecule has 1 saturated heterocycles. The number of nitrogens with one attached hydrogen (secondary N) is 1. The molecular formula is C15H15BrN2O5. The summed E-state index contributed by atoms with van der Waals surface area (Å²) >= 11 is 3.28. The quantitative estimate of drug-likeness (QED) is 0.580. The van der Waals surface area contributed by atoms with Gasteiger partial charge >= 0.3 is 12.0 Å². The van der Waals surface area contributed by atoms with Crippen molar-refractivity contribution in [3.05, 3.63) is 33.9 Å². The van der Waals surface area contributed by atoms with E-state index in [1.807, 2.05) is 6.92 Å². The molecule has 3 amide bonds. The van der Waals surface area contributed by atoms with Crippen LogP contribution < -0.4 is 10.1 Å². The third-order valence-electron chi connectivity index (χ3n) is 3.03. The summed E-state index contributed by atoms with van der Waals surface area (Å²) in [5, 5.41) is 11.1. The smallest absolute Gasteiger partial charge is 0.341 e. The molecule has 0 radical (unpaired) electrons. The maximum absolute atomic E-state index is 12.1. The second-order valence-electron chi connectivity index (χ2n) is 4.82. The van der Waals surface area contributed by atoms with Crippen molar-refractivity contribution in [1.29, 1.82) is 0 Å². The first-order chi connectivity index (χ1) is 10.9. The molecule has 8 heteroatoms. The minimum Gasteiger partial charge on any atom is -0.481 e. The van der Waals surface area contributed by atoms with Crippen molar-refractivity contribution in [2.24, 2.45) is 0 Å². The summed E-state index contributed by atoms with van der Waals surface area (Å²) in [6, 6.07) is 4.50. The fourth-order valence-corrected chi connectivity index (χ4v) is 2.54. The number of amides is 3. The van der Waals surface area contributed by atoms with Gasteiger partial charge in [-0.25, -0.2) is 9.59 Å². The Morgan fingerprint density at radius 1 is 1.43 bits per heavy atom. The highest BCUT2D eigenvalue weighted by Crippen LogP contribution is 2.27. The Morgan fingerprint density at radius 3 is 2.78 bits per heavy atom. The number of carboxylic acids is 1. The molecule has 1 aliphatic rings. The molecule has 23 heavy (non-hydrogen) atoms. The Balaban J connectivity index is 2.17. The average molecular weight is 383 g/mol. The molecule has 0 spiro atoms. The van der Waals surface area contributed by atoms with Gasteiger partial charge in [0.1, 0.15) is 11.4 Å². The van der Waals surface area contributed by atoms with Gasteiger partial charge in [0.25, 0.3) is 5.91 Å². The molecule has 1 aromatic rings. The lowest BCUT2D eigenvalue weighted by Gasteiger charge is -2.08. The second-order valence-corrected chi connectivity index (χ2v) is 5.67. The van der Waals surface area contributed by atoms with E-state index in [0.29, 0.717) is 28.8 Å². The number of rotatable bonds is 6. The summed E-state index contributed by atoms with van der Waals surface area (Å²) < 4.78 is 5.65. The van der Waals surface area contributed by atoms with E-state index in [1.54, 1.807) is 24.3 Å². The van der Waals surface area contributed by atoms with Crippen molar-refractivity contribution in [3.8, 4) is 5.75 Å². The highest BCUT2D eigenvalue weighted by molar-refractivity contribution is 9.10. The monoisotopic (exact) mass is 382 g/mol. The summed E-state index contributed by atoms with van der Waals surface area (Å²) in [5.74, 6) is -1.05. The molecule has 122 valence electrons. The maximum Gasteiger partial charge on any atom is 0.341 e. The molecule has 1 heterocycles. The number of carboxylic acid groups (broad SMARTS) is 1. The molecule has 0 saturated carbocycles. The van der Waals surface area contributed by atoms with Crippen molar-refractivity contribution >= 4 is 39.9 Å². The van der Waals surface area contributed by atoms with Crippen LogP contribution in [0.25, 0.3) is 6.08 Å². The van der Waals surface area contributed by atoms with Crippen LogP contribution in [0.1, 0.15) is 18.9 Å². The summed E-state index contributed by atoms with van der Waals surface area (Å²) in [7, 11) is 0. The Labute approximate surface area is 141 Å². The van der Waals surface area contributed by atoms with E-state index >= 15 is 0 Å². The lowest BCUT2D eigenvalue weighted by atomic mass is 10.2. The van der Waals surface area contributed by atoms with E-state index in [0.717, 1.165) is 4.90 Å². The second kappa shape index (κ2) is 7.28. The van der Waals surface area contributed by atoms with E-state index in [-0.39, 0.29) is 11.6 Å². The van der Waals surface area contributed by atoms with Crippen molar-refractivity contribution in [2.75, 3.05) is 13.2 Å². The number of hydrogen-bond acceptors (Lipinski definition) is 4. The van der Waals surface area contributed by atoms with Crippen LogP contribution in [0.3, 0.4) is 0 Å².